The minimum atomic E-state index is -5.08. The van der Waals surface area contributed by atoms with Crippen LogP contribution < -0.4 is 5.73 Å². The highest BCUT2D eigenvalue weighted by molar-refractivity contribution is 5.73. The van der Waals surface area contributed by atoms with Gasteiger partial charge in [-0.05, 0) is 19.3 Å². The van der Waals surface area contributed by atoms with E-state index in [1.807, 2.05) is 0 Å². The largest absolute Gasteiger partial charge is 0.490 e. The topological polar surface area (TPSA) is 87.1 Å². The molecule has 0 aromatic rings. The van der Waals surface area contributed by atoms with E-state index in [1.165, 1.54) is 0 Å². The zero-order chi connectivity index (χ0) is 12.8. The summed E-state index contributed by atoms with van der Waals surface area (Å²) in [5.74, 6) is -2.51. The molecule has 0 heterocycles. The number of hydrogen-bond donors (Lipinski definition) is 2. The molecule has 0 bridgehead atoms. The quantitative estimate of drug-likeness (QED) is 0.671. The highest BCUT2D eigenvalue weighted by Gasteiger charge is 2.38. The van der Waals surface area contributed by atoms with Crippen LogP contribution in [0.4, 0.5) is 13.2 Å². The Balaban J connectivity index is 0.000000293. The van der Waals surface area contributed by atoms with Gasteiger partial charge in [0.25, 0.3) is 0 Å². The summed E-state index contributed by atoms with van der Waals surface area (Å²) in [6.45, 7) is 0. The van der Waals surface area contributed by atoms with Crippen LogP contribution in [-0.2, 0) is 4.79 Å². The van der Waals surface area contributed by atoms with Gasteiger partial charge in [-0.3, -0.25) is 0 Å². The fourth-order valence-electron chi connectivity index (χ4n) is 1.34. The summed E-state index contributed by atoms with van der Waals surface area (Å²) in [6.07, 6.45) is -0.863. The van der Waals surface area contributed by atoms with Gasteiger partial charge in [-0.25, -0.2) is 4.79 Å². The van der Waals surface area contributed by atoms with Crippen LogP contribution in [0.5, 0.6) is 0 Å². The lowest BCUT2D eigenvalue weighted by Crippen LogP contribution is -2.26. The summed E-state index contributed by atoms with van der Waals surface area (Å²) < 4.78 is 31.7. The first-order valence-corrected chi connectivity index (χ1v) is 4.72. The molecule has 3 N–H and O–H groups in total. The number of nitriles is 1. The van der Waals surface area contributed by atoms with E-state index in [1.54, 1.807) is 0 Å². The van der Waals surface area contributed by atoms with Gasteiger partial charge in [-0.2, -0.15) is 18.4 Å². The standard InChI is InChI=1S/C7H12N2.C2HF3O2/c8-5-6-2-1-3-7(9)4-6;3-2(4,5)1(6)7/h6-7H,1-4,9H2;(H,6,7)/t6-,7-;/m1./s1. The average molecular weight is 238 g/mol. The first-order chi connectivity index (χ1) is 7.27. The second-order valence-corrected chi connectivity index (χ2v) is 3.56. The van der Waals surface area contributed by atoms with E-state index < -0.39 is 12.1 Å². The Bertz CT molecular complexity index is 273. The van der Waals surface area contributed by atoms with Crippen molar-refractivity contribution in [1.29, 1.82) is 5.26 Å². The van der Waals surface area contributed by atoms with E-state index in [2.05, 4.69) is 6.07 Å². The molecule has 0 aliphatic heterocycles. The predicted octanol–water partition coefficient (Wildman–Crippen LogP) is 1.66. The summed E-state index contributed by atoms with van der Waals surface area (Å²) in [5.41, 5.74) is 5.65. The van der Waals surface area contributed by atoms with Gasteiger partial charge < -0.3 is 10.8 Å². The molecule has 1 rings (SSSR count). The summed E-state index contributed by atoms with van der Waals surface area (Å²) in [6, 6.07) is 2.55. The number of rotatable bonds is 0. The Kier molecular flexibility index (Phi) is 5.82. The van der Waals surface area contributed by atoms with Gasteiger partial charge in [-0.1, -0.05) is 6.42 Å². The fourth-order valence-corrected chi connectivity index (χ4v) is 1.34. The van der Waals surface area contributed by atoms with Gasteiger partial charge in [0.05, 0.1) is 6.07 Å². The Labute approximate surface area is 90.8 Å². The first kappa shape index (κ1) is 14.7. The van der Waals surface area contributed by atoms with Crippen LogP contribution >= 0.6 is 0 Å². The third-order valence-corrected chi connectivity index (χ3v) is 2.14. The van der Waals surface area contributed by atoms with Crippen molar-refractivity contribution in [3.63, 3.8) is 0 Å². The molecule has 1 aliphatic rings. The van der Waals surface area contributed by atoms with Crippen LogP contribution in [0, 0.1) is 17.2 Å². The molecule has 1 aliphatic carbocycles. The molecule has 92 valence electrons. The van der Waals surface area contributed by atoms with Crippen molar-refractivity contribution in [1.82, 2.24) is 0 Å². The van der Waals surface area contributed by atoms with E-state index in [0.29, 0.717) is 6.04 Å². The SMILES string of the molecule is N#C[C@@H]1CCC[C@@H](N)C1.O=C(O)C(F)(F)F. The third-order valence-electron chi connectivity index (χ3n) is 2.14. The second-order valence-electron chi connectivity index (χ2n) is 3.56. The second kappa shape index (κ2) is 6.33. The van der Waals surface area contributed by atoms with Gasteiger partial charge in [0, 0.05) is 12.0 Å². The number of nitrogens with zero attached hydrogens (tertiary/aromatic N) is 1. The van der Waals surface area contributed by atoms with Gasteiger partial charge in [0.15, 0.2) is 0 Å². The molecule has 7 heteroatoms. The summed E-state index contributed by atoms with van der Waals surface area (Å²) in [4.78, 5) is 8.90. The lowest BCUT2D eigenvalue weighted by Gasteiger charge is -2.20. The zero-order valence-corrected chi connectivity index (χ0v) is 8.50. The molecular formula is C9H13F3N2O2. The summed E-state index contributed by atoms with van der Waals surface area (Å²) >= 11 is 0. The van der Waals surface area contributed by atoms with Crippen LogP contribution in [0.1, 0.15) is 25.7 Å². The predicted molar refractivity (Wildman–Crippen MR) is 49.2 cm³/mol. The number of carboxylic acid groups (broad SMARTS) is 1. The molecule has 4 nitrogen and oxygen atoms in total. The van der Waals surface area contributed by atoms with E-state index in [4.69, 9.17) is 20.9 Å². The first-order valence-electron chi connectivity index (χ1n) is 4.72. The molecule has 1 fully saturated rings. The zero-order valence-electron chi connectivity index (χ0n) is 8.50. The number of carbonyl (C=O) groups is 1. The van der Waals surface area contributed by atoms with Crippen molar-refractivity contribution in [3.05, 3.63) is 0 Å². The van der Waals surface area contributed by atoms with Crippen LogP contribution in [-0.4, -0.2) is 23.3 Å². The Hall–Kier alpha value is -1.29. The van der Waals surface area contributed by atoms with Crippen molar-refractivity contribution in [2.75, 3.05) is 0 Å². The van der Waals surface area contributed by atoms with E-state index in [0.717, 1.165) is 25.7 Å². The van der Waals surface area contributed by atoms with Crippen molar-refractivity contribution in [2.45, 2.75) is 37.9 Å². The van der Waals surface area contributed by atoms with E-state index >= 15 is 0 Å². The van der Waals surface area contributed by atoms with Crippen molar-refractivity contribution >= 4 is 5.97 Å². The van der Waals surface area contributed by atoms with Crippen molar-refractivity contribution in [2.24, 2.45) is 11.7 Å². The van der Waals surface area contributed by atoms with Gasteiger partial charge in [-0.15, -0.1) is 0 Å². The average Bonchev–Trinajstić information content (AvgIpc) is 2.17. The van der Waals surface area contributed by atoms with Crippen LogP contribution in [0.25, 0.3) is 0 Å². The molecule has 1 saturated carbocycles. The van der Waals surface area contributed by atoms with Crippen LogP contribution in [0.2, 0.25) is 0 Å². The molecule has 0 aromatic carbocycles. The molecule has 0 spiro atoms. The maximum Gasteiger partial charge on any atom is 0.490 e. The van der Waals surface area contributed by atoms with Gasteiger partial charge in [0.2, 0.25) is 0 Å². The number of hydrogen-bond acceptors (Lipinski definition) is 3. The number of alkyl halides is 3. The highest BCUT2D eigenvalue weighted by atomic mass is 19.4. The van der Waals surface area contributed by atoms with Crippen LogP contribution in [0.3, 0.4) is 0 Å². The molecular weight excluding hydrogens is 225 g/mol. The summed E-state index contributed by atoms with van der Waals surface area (Å²) in [7, 11) is 0. The Morgan fingerprint density at radius 1 is 1.44 bits per heavy atom. The minimum absolute atomic E-state index is 0.244. The van der Waals surface area contributed by atoms with Crippen LogP contribution in [0.15, 0.2) is 0 Å². The normalized spacial score (nSPS) is 24.9. The Morgan fingerprint density at radius 3 is 2.19 bits per heavy atom. The molecule has 2 atom stereocenters. The lowest BCUT2D eigenvalue weighted by atomic mass is 9.87. The number of nitrogens with two attached hydrogens (primary N) is 1. The molecule has 0 aromatic heterocycles. The lowest BCUT2D eigenvalue weighted by molar-refractivity contribution is -0.192. The summed E-state index contributed by atoms with van der Waals surface area (Å²) in [5, 5.41) is 15.6. The fraction of sp³-hybridized carbons (Fsp3) is 0.778. The minimum Gasteiger partial charge on any atom is -0.475 e. The highest BCUT2D eigenvalue weighted by Crippen LogP contribution is 2.21. The maximum atomic E-state index is 10.6. The monoisotopic (exact) mass is 238 g/mol. The van der Waals surface area contributed by atoms with Crippen molar-refractivity contribution in [3.8, 4) is 6.07 Å². The Morgan fingerprint density at radius 2 is 1.94 bits per heavy atom. The molecule has 16 heavy (non-hydrogen) atoms. The number of aliphatic carboxylic acids is 1. The number of halogens is 3. The molecule has 0 unspecified atom stereocenters. The van der Waals surface area contributed by atoms with Crippen molar-refractivity contribution < 1.29 is 23.1 Å². The van der Waals surface area contributed by atoms with Gasteiger partial charge in [0.1, 0.15) is 0 Å². The number of carboxylic acids is 1. The molecule has 0 radical (unpaired) electrons. The van der Waals surface area contributed by atoms with E-state index in [-0.39, 0.29) is 5.92 Å². The molecule has 0 saturated heterocycles. The molecule has 0 amide bonds. The van der Waals surface area contributed by atoms with Gasteiger partial charge >= 0.3 is 12.1 Å². The maximum absolute atomic E-state index is 10.6. The third kappa shape index (κ3) is 6.24. The smallest absolute Gasteiger partial charge is 0.475 e. The van der Waals surface area contributed by atoms with E-state index in [9.17, 15) is 13.2 Å².